The predicted octanol–water partition coefficient (Wildman–Crippen LogP) is 2.24. The van der Waals surface area contributed by atoms with E-state index >= 15 is 0 Å². The van der Waals surface area contributed by atoms with Crippen molar-refractivity contribution in [2.24, 2.45) is 5.14 Å². The minimum Gasteiger partial charge on any atom is -0.496 e. The summed E-state index contributed by atoms with van der Waals surface area (Å²) in [7, 11) is -3.82. The van der Waals surface area contributed by atoms with Gasteiger partial charge in [-0.3, -0.25) is 0 Å². The summed E-state index contributed by atoms with van der Waals surface area (Å²) in [4.78, 5) is 0. The van der Waals surface area contributed by atoms with Crippen LogP contribution in [0.5, 0.6) is 5.75 Å². The summed E-state index contributed by atoms with van der Waals surface area (Å²) in [6.45, 7) is 0. The van der Waals surface area contributed by atoms with Crippen LogP contribution in [0.25, 0.3) is 0 Å². The van der Waals surface area contributed by atoms with Crippen molar-refractivity contribution in [3.8, 4) is 5.75 Å². The standard InChI is InChI=1S/C9H9ClF3NO3S/c1-17-6-4-2-3-5(10)7(6)8(9(11,12)13)18(14,15)16/h2-4,8H,1H3,(H2,14,15,16). The lowest BCUT2D eigenvalue weighted by Gasteiger charge is -2.21. The van der Waals surface area contributed by atoms with Gasteiger partial charge in [-0.1, -0.05) is 17.7 Å². The molecule has 0 fully saturated rings. The first-order valence-electron chi connectivity index (χ1n) is 4.49. The summed E-state index contributed by atoms with van der Waals surface area (Å²) in [5.74, 6) is -0.293. The van der Waals surface area contributed by atoms with Gasteiger partial charge in [0, 0.05) is 10.6 Å². The van der Waals surface area contributed by atoms with Crippen LogP contribution >= 0.6 is 11.6 Å². The first-order valence-corrected chi connectivity index (χ1v) is 6.48. The molecule has 0 aliphatic rings. The molecule has 1 unspecified atom stereocenters. The maximum Gasteiger partial charge on any atom is 0.411 e. The largest absolute Gasteiger partial charge is 0.496 e. The van der Waals surface area contributed by atoms with Crippen molar-refractivity contribution in [3.63, 3.8) is 0 Å². The summed E-state index contributed by atoms with van der Waals surface area (Å²) in [6, 6.07) is 3.63. The van der Waals surface area contributed by atoms with Crippen LogP contribution in [0.4, 0.5) is 13.2 Å². The zero-order chi connectivity index (χ0) is 14.1. The van der Waals surface area contributed by atoms with Crippen LogP contribution in [0, 0.1) is 0 Å². The number of rotatable bonds is 3. The van der Waals surface area contributed by atoms with Gasteiger partial charge in [-0.05, 0) is 12.1 Å². The second kappa shape index (κ2) is 4.94. The summed E-state index contributed by atoms with van der Waals surface area (Å²) in [5.41, 5.74) is -0.711. The average molecular weight is 304 g/mol. The summed E-state index contributed by atoms with van der Waals surface area (Å²) in [6.07, 6.45) is -5.09. The minimum absolute atomic E-state index is 0.293. The number of benzene rings is 1. The van der Waals surface area contributed by atoms with Gasteiger partial charge in [0.1, 0.15) is 5.75 Å². The van der Waals surface area contributed by atoms with E-state index in [1.165, 1.54) is 12.1 Å². The Kier molecular flexibility index (Phi) is 4.14. The van der Waals surface area contributed by atoms with Crippen LogP contribution in [0.2, 0.25) is 5.02 Å². The molecule has 0 spiro atoms. The lowest BCUT2D eigenvalue weighted by Crippen LogP contribution is -2.33. The van der Waals surface area contributed by atoms with Crippen molar-refractivity contribution in [1.29, 1.82) is 0 Å². The highest BCUT2D eigenvalue weighted by atomic mass is 35.5. The molecular weight excluding hydrogens is 295 g/mol. The van der Waals surface area contributed by atoms with Crippen molar-refractivity contribution in [2.75, 3.05) is 7.11 Å². The first kappa shape index (κ1) is 15.1. The monoisotopic (exact) mass is 303 g/mol. The van der Waals surface area contributed by atoms with E-state index in [2.05, 4.69) is 5.14 Å². The van der Waals surface area contributed by atoms with Gasteiger partial charge in [-0.15, -0.1) is 0 Å². The highest BCUT2D eigenvalue weighted by Gasteiger charge is 2.50. The van der Waals surface area contributed by atoms with Crippen LogP contribution in [-0.2, 0) is 10.0 Å². The Bertz CT molecular complexity index is 544. The Morgan fingerprint density at radius 2 is 1.94 bits per heavy atom. The Hall–Kier alpha value is -0.990. The van der Waals surface area contributed by atoms with Crippen LogP contribution in [-0.4, -0.2) is 21.7 Å². The molecule has 0 radical (unpaired) electrons. The molecule has 1 atom stereocenters. The number of hydrogen-bond acceptors (Lipinski definition) is 3. The molecule has 18 heavy (non-hydrogen) atoms. The number of alkyl halides is 3. The third-order valence-electron chi connectivity index (χ3n) is 2.12. The molecule has 1 aromatic rings. The predicted molar refractivity (Wildman–Crippen MR) is 59.9 cm³/mol. The number of nitrogens with two attached hydrogens (primary N) is 1. The number of halogens is 4. The van der Waals surface area contributed by atoms with Gasteiger partial charge in [0.05, 0.1) is 7.11 Å². The second-order valence-electron chi connectivity index (χ2n) is 3.37. The van der Waals surface area contributed by atoms with Gasteiger partial charge in [-0.25, -0.2) is 13.6 Å². The molecule has 0 amide bonds. The number of hydrogen-bond donors (Lipinski definition) is 1. The number of methoxy groups -OCH3 is 1. The highest BCUT2D eigenvalue weighted by molar-refractivity contribution is 7.89. The van der Waals surface area contributed by atoms with E-state index in [-0.39, 0.29) is 10.8 Å². The quantitative estimate of drug-likeness (QED) is 0.931. The molecule has 4 nitrogen and oxygen atoms in total. The van der Waals surface area contributed by atoms with E-state index in [0.717, 1.165) is 13.2 Å². The fourth-order valence-electron chi connectivity index (χ4n) is 1.46. The smallest absolute Gasteiger partial charge is 0.411 e. The Morgan fingerprint density at radius 1 is 1.39 bits per heavy atom. The highest BCUT2D eigenvalue weighted by Crippen LogP contribution is 2.44. The van der Waals surface area contributed by atoms with Gasteiger partial charge in [-0.2, -0.15) is 13.2 Å². The van der Waals surface area contributed by atoms with Gasteiger partial charge in [0.25, 0.3) is 0 Å². The van der Waals surface area contributed by atoms with Gasteiger partial charge in [0.15, 0.2) is 0 Å². The van der Waals surface area contributed by atoms with E-state index in [9.17, 15) is 21.6 Å². The molecule has 0 heterocycles. The van der Waals surface area contributed by atoms with Crippen LogP contribution in [0.15, 0.2) is 18.2 Å². The molecule has 0 saturated heterocycles. The lowest BCUT2D eigenvalue weighted by molar-refractivity contribution is -0.131. The molecule has 0 aliphatic heterocycles. The fraction of sp³-hybridized carbons (Fsp3) is 0.333. The zero-order valence-electron chi connectivity index (χ0n) is 9.03. The van der Waals surface area contributed by atoms with E-state index < -0.39 is 27.0 Å². The molecule has 9 heteroatoms. The van der Waals surface area contributed by atoms with E-state index in [1.807, 2.05) is 0 Å². The number of ether oxygens (including phenoxy) is 1. The van der Waals surface area contributed by atoms with Crippen LogP contribution in [0.3, 0.4) is 0 Å². The van der Waals surface area contributed by atoms with Crippen molar-refractivity contribution in [3.05, 3.63) is 28.8 Å². The van der Waals surface area contributed by atoms with Gasteiger partial charge in [0.2, 0.25) is 15.3 Å². The third kappa shape index (κ3) is 3.06. The Balaban J connectivity index is 3.59. The maximum absolute atomic E-state index is 12.8. The van der Waals surface area contributed by atoms with Gasteiger partial charge < -0.3 is 4.74 Å². The zero-order valence-corrected chi connectivity index (χ0v) is 10.6. The normalized spacial score (nSPS) is 14.3. The van der Waals surface area contributed by atoms with Crippen LogP contribution < -0.4 is 9.88 Å². The number of primary sulfonamides is 1. The van der Waals surface area contributed by atoms with E-state index in [1.54, 1.807) is 0 Å². The SMILES string of the molecule is COc1cccc(Cl)c1C(C(F)(F)F)S(N)(=O)=O. The third-order valence-corrected chi connectivity index (χ3v) is 3.61. The minimum atomic E-state index is -5.09. The van der Waals surface area contributed by atoms with E-state index in [4.69, 9.17) is 16.3 Å². The molecule has 1 aromatic carbocycles. The van der Waals surface area contributed by atoms with E-state index in [0.29, 0.717) is 0 Å². The maximum atomic E-state index is 12.8. The Morgan fingerprint density at radius 3 is 2.33 bits per heavy atom. The van der Waals surface area contributed by atoms with Crippen molar-refractivity contribution in [2.45, 2.75) is 11.4 Å². The summed E-state index contributed by atoms with van der Waals surface area (Å²) in [5, 5.41) is 1.32. The first-order chi connectivity index (χ1) is 8.09. The molecule has 0 aliphatic carbocycles. The summed E-state index contributed by atoms with van der Waals surface area (Å²) >= 11 is 5.61. The average Bonchev–Trinajstić information content (AvgIpc) is 2.16. The molecule has 102 valence electrons. The molecule has 0 aromatic heterocycles. The molecule has 1 rings (SSSR count). The Labute approximate surface area is 107 Å². The number of sulfonamides is 1. The summed E-state index contributed by atoms with van der Waals surface area (Å²) < 4.78 is 65.5. The van der Waals surface area contributed by atoms with Crippen LogP contribution in [0.1, 0.15) is 10.8 Å². The molecule has 0 saturated carbocycles. The fourth-order valence-corrected chi connectivity index (χ4v) is 2.75. The van der Waals surface area contributed by atoms with Crippen molar-refractivity contribution < 1.29 is 26.3 Å². The lowest BCUT2D eigenvalue weighted by atomic mass is 10.1. The molecule has 2 N–H and O–H groups in total. The molecular formula is C9H9ClF3NO3S. The van der Waals surface area contributed by atoms with Crippen molar-refractivity contribution in [1.82, 2.24) is 0 Å². The van der Waals surface area contributed by atoms with Crippen molar-refractivity contribution >= 4 is 21.6 Å². The van der Waals surface area contributed by atoms with Gasteiger partial charge >= 0.3 is 6.18 Å². The topological polar surface area (TPSA) is 69.4 Å². The molecule has 0 bridgehead atoms. The second-order valence-corrected chi connectivity index (χ2v) is 5.42.